The maximum Gasteiger partial charge on any atom is 0.254 e. The molecule has 0 N–H and O–H groups in total. The van der Waals surface area contributed by atoms with Gasteiger partial charge in [-0.3, -0.25) is 14.8 Å². The molecule has 0 atom stereocenters. The summed E-state index contributed by atoms with van der Waals surface area (Å²) in [7, 11) is 0. The molecule has 0 spiro atoms. The molecule has 1 saturated heterocycles. The van der Waals surface area contributed by atoms with Crippen molar-refractivity contribution in [3.63, 3.8) is 0 Å². The number of carbonyl (C=O) groups is 1. The van der Waals surface area contributed by atoms with Crippen LogP contribution in [-0.4, -0.2) is 66.9 Å². The lowest BCUT2D eigenvalue weighted by Gasteiger charge is -2.35. The number of nitrogens with zero attached hydrogens (tertiary/aromatic N) is 8. The molecule has 5 rings (SSSR count). The zero-order valence-corrected chi connectivity index (χ0v) is 15.6. The van der Waals surface area contributed by atoms with Crippen molar-refractivity contribution in [1.29, 1.82) is 0 Å². The molecule has 0 bridgehead atoms. The minimum atomic E-state index is 0.0114. The quantitative estimate of drug-likeness (QED) is 0.528. The Labute approximate surface area is 166 Å². The summed E-state index contributed by atoms with van der Waals surface area (Å²) in [6.45, 7) is 2.66. The highest BCUT2D eigenvalue weighted by molar-refractivity contribution is 5.97. The van der Waals surface area contributed by atoms with Crippen molar-refractivity contribution in [2.24, 2.45) is 0 Å². The van der Waals surface area contributed by atoms with E-state index in [-0.39, 0.29) is 5.91 Å². The number of rotatable bonds is 3. The Morgan fingerprint density at radius 1 is 0.828 bits per heavy atom. The molecule has 29 heavy (non-hydrogen) atoms. The molecule has 3 aromatic heterocycles. The predicted octanol–water partition coefficient (Wildman–Crippen LogP) is 1.57. The standard InChI is InChI=1S/C20H18N8O/c29-20(15-2-3-16-17(14-15)22-8-7-21-16)27-12-10-26(11-13-27)18-4-5-19(25-24-18)28-9-1-6-23-28/h1-9,14H,10-13H2. The Morgan fingerprint density at radius 2 is 1.59 bits per heavy atom. The lowest BCUT2D eigenvalue weighted by atomic mass is 10.1. The number of anilines is 1. The maximum absolute atomic E-state index is 12.9. The second-order valence-electron chi connectivity index (χ2n) is 6.74. The van der Waals surface area contributed by atoms with Crippen molar-refractivity contribution in [1.82, 2.24) is 34.8 Å². The van der Waals surface area contributed by atoms with Crippen LogP contribution in [0.3, 0.4) is 0 Å². The smallest absolute Gasteiger partial charge is 0.254 e. The Hall–Kier alpha value is -3.88. The third-order valence-corrected chi connectivity index (χ3v) is 4.98. The molecule has 4 heterocycles. The lowest BCUT2D eigenvalue weighted by molar-refractivity contribution is 0.0746. The highest BCUT2D eigenvalue weighted by atomic mass is 16.2. The highest BCUT2D eigenvalue weighted by Gasteiger charge is 2.23. The van der Waals surface area contributed by atoms with Crippen LogP contribution in [0.1, 0.15) is 10.4 Å². The van der Waals surface area contributed by atoms with Gasteiger partial charge in [0.05, 0.1) is 11.0 Å². The summed E-state index contributed by atoms with van der Waals surface area (Å²) in [6, 6.07) is 11.1. The van der Waals surface area contributed by atoms with E-state index < -0.39 is 0 Å². The molecular weight excluding hydrogens is 368 g/mol. The first-order valence-corrected chi connectivity index (χ1v) is 9.37. The van der Waals surface area contributed by atoms with Crippen LogP contribution in [-0.2, 0) is 0 Å². The van der Waals surface area contributed by atoms with Gasteiger partial charge in [-0.05, 0) is 36.4 Å². The van der Waals surface area contributed by atoms with Gasteiger partial charge in [0.15, 0.2) is 11.6 Å². The maximum atomic E-state index is 12.9. The van der Waals surface area contributed by atoms with Gasteiger partial charge < -0.3 is 9.80 Å². The number of carbonyl (C=O) groups excluding carboxylic acids is 1. The normalized spacial score (nSPS) is 14.3. The zero-order valence-electron chi connectivity index (χ0n) is 15.6. The van der Waals surface area contributed by atoms with Crippen LogP contribution in [0.15, 0.2) is 61.2 Å². The van der Waals surface area contributed by atoms with Crippen LogP contribution in [0.25, 0.3) is 16.9 Å². The molecule has 0 radical (unpaired) electrons. The van der Waals surface area contributed by atoms with E-state index >= 15 is 0 Å². The monoisotopic (exact) mass is 386 g/mol. The van der Waals surface area contributed by atoms with E-state index in [1.54, 1.807) is 29.3 Å². The van der Waals surface area contributed by atoms with Crippen molar-refractivity contribution in [3.05, 3.63) is 66.7 Å². The summed E-state index contributed by atoms with van der Waals surface area (Å²) in [4.78, 5) is 25.4. The third-order valence-electron chi connectivity index (χ3n) is 4.98. The molecular formula is C20H18N8O. The van der Waals surface area contributed by atoms with Gasteiger partial charge in [0.25, 0.3) is 5.91 Å². The minimum absolute atomic E-state index is 0.0114. The molecule has 9 heteroatoms. The average molecular weight is 386 g/mol. The number of hydrogen-bond donors (Lipinski definition) is 0. The fourth-order valence-electron chi connectivity index (χ4n) is 3.43. The largest absolute Gasteiger partial charge is 0.352 e. The van der Waals surface area contributed by atoms with E-state index in [0.717, 1.165) is 16.9 Å². The van der Waals surface area contributed by atoms with Gasteiger partial charge in [0.2, 0.25) is 0 Å². The van der Waals surface area contributed by atoms with E-state index in [2.05, 4.69) is 30.2 Å². The zero-order chi connectivity index (χ0) is 19.6. The number of aromatic nitrogens is 6. The number of benzene rings is 1. The van der Waals surface area contributed by atoms with Gasteiger partial charge in [0, 0.05) is 56.5 Å². The van der Waals surface area contributed by atoms with E-state index in [4.69, 9.17) is 0 Å². The minimum Gasteiger partial charge on any atom is -0.352 e. The molecule has 0 saturated carbocycles. The first-order valence-electron chi connectivity index (χ1n) is 9.37. The molecule has 144 valence electrons. The Bertz CT molecular complexity index is 1130. The van der Waals surface area contributed by atoms with Crippen LogP contribution in [0.2, 0.25) is 0 Å². The van der Waals surface area contributed by atoms with Crippen LogP contribution in [0, 0.1) is 0 Å². The molecule has 1 amide bonds. The van der Waals surface area contributed by atoms with Crippen LogP contribution < -0.4 is 4.90 Å². The van der Waals surface area contributed by atoms with Gasteiger partial charge in [-0.2, -0.15) is 5.10 Å². The third kappa shape index (κ3) is 3.38. The van der Waals surface area contributed by atoms with Crippen molar-refractivity contribution in [2.75, 3.05) is 31.1 Å². The van der Waals surface area contributed by atoms with Crippen molar-refractivity contribution < 1.29 is 4.79 Å². The fourth-order valence-corrected chi connectivity index (χ4v) is 3.43. The van der Waals surface area contributed by atoms with Crippen molar-refractivity contribution >= 4 is 22.8 Å². The van der Waals surface area contributed by atoms with E-state index in [1.165, 1.54) is 0 Å². The van der Waals surface area contributed by atoms with E-state index in [9.17, 15) is 4.79 Å². The van der Waals surface area contributed by atoms with Gasteiger partial charge in [0.1, 0.15) is 0 Å². The average Bonchev–Trinajstić information content (AvgIpc) is 3.33. The topological polar surface area (TPSA) is 92.9 Å². The Morgan fingerprint density at radius 3 is 2.31 bits per heavy atom. The molecule has 4 aromatic rings. The lowest BCUT2D eigenvalue weighted by Crippen LogP contribution is -2.49. The van der Waals surface area contributed by atoms with Gasteiger partial charge in [-0.25, -0.2) is 4.68 Å². The molecule has 9 nitrogen and oxygen atoms in total. The van der Waals surface area contributed by atoms with Gasteiger partial charge in [-0.1, -0.05) is 0 Å². The first-order chi connectivity index (χ1) is 14.3. The van der Waals surface area contributed by atoms with Crippen LogP contribution in [0.5, 0.6) is 0 Å². The van der Waals surface area contributed by atoms with Crippen LogP contribution >= 0.6 is 0 Å². The second kappa shape index (κ2) is 7.27. The fraction of sp³-hybridized carbons (Fsp3) is 0.200. The van der Waals surface area contributed by atoms with Crippen LogP contribution in [0.4, 0.5) is 5.82 Å². The SMILES string of the molecule is O=C(c1ccc2nccnc2c1)N1CCN(c2ccc(-n3cccn3)nn2)CC1. The predicted molar refractivity (Wildman–Crippen MR) is 107 cm³/mol. The molecule has 1 aromatic carbocycles. The summed E-state index contributed by atoms with van der Waals surface area (Å²) in [5.41, 5.74) is 2.14. The highest BCUT2D eigenvalue weighted by Crippen LogP contribution is 2.17. The Kier molecular flexibility index (Phi) is 4.32. The second-order valence-corrected chi connectivity index (χ2v) is 6.74. The number of amides is 1. The molecule has 1 aliphatic rings. The molecule has 0 aliphatic carbocycles. The number of hydrogen-bond acceptors (Lipinski definition) is 7. The van der Waals surface area contributed by atoms with Gasteiger partial charge >= 0.3 is 0 Å². The summed E-state index contributed by atoms with van der Waals surface area (Å²) >= 11 is 0. The summed E-state index contributed by atoms with van der Waals surface area (Å²) < 4.78 is 1.67. The Balaban J connectivity index is 1.25. The summed E-state index contributed by atoms with van der Waals surface area (Å²) in [6.07, 6.45) is 6.81. The molecule has 0 unspecified atom stereocenters. The number of fused-ring (bicyclic) bond motifs is 1. The van der Waals surface area contributed by atoms with Gasteiger partial charge in [-0.15, -0.1) is 10.2 Å². The van der Waals surface area contributed by atoms with E-state index in [1.807, 2.05) is 41.4 Å². The van der Waals surface area contributed by atoms with E-state index in [0.29, 0.717) is 37.6 Å². The summed E-state index contributed by atoms with van der Waals surface area (Å²) in [5, 5.41) is 12.7. The van der Waals surface area contributed by atoms with Crippen molar-refractivity contribution in [3.8, 4) is 5.82 Å². The first kappa shape index (κ1) is 17.2. The number of piperazine rings is 1. The summed E-state index contributed by atoms with van der Waals surface area (Å²) in [5.74, 6) is 1.48. The van der Waals surface area contributed by atoms with Crippen molar-refractivity contribution in [2.45, 2.75) is 0 Å². The molecule has 1 aliphatic heterocycles. The molecule has 1 fully saturated rings.